The Morgan fingerprint density at radius 3 is 2.52 bits per heavy atom. The smallest absolute Gasteiger partial charge is 0.227 e. The number of halogens is 2. The van der Waals surface area contributed by atoms with E-state index in [4.69, 9.17) is 33.5 Å². The average molecular weight is 326 g/mol. The summed E-state index contributed by atoms with van der Waals surface area (Å²) < 4.78 is 5.35. The summed E-state index contributed by atoms with van der Waals surface area (Å²) in [6.45, 7) is 0.668. The molecule has 21 heavy (non-hydrogen) atoms. The summed E-state index contributed by atoms with van der Waals surface area (Å²) in [6, 6.07) is 5.43. The van der Waals surface area contributed by atoms with Crippen LogP contribution in [0.5, 0.6) is 0 Å². The Morgan fingerprint density at radius 1 is 1.24 bits per heavy atom. The van der Waals surface area contributed by atoms with Gasteiger partial charge >= 0.3 is 0 Å². The molecule has 1 aliphatic carbocycles. The molecule has 0 unspecified atom stereocenters. The molecule has 112 valence electrons. The van der Waals surface area contributed by atoms with Crippen molar-refractivity contribution in [2.24, 2.45) is 11.1 Å². The van der Waals surface area contributed by atoms with Crippen molar-refractivity contribution in [3.63, 3.8) is 0 Å². The fourth-order valence-electron chi connectivity index (χ4n) is 2.74. The van der Waals surface area contributed by atoms with Crippen molar-refractivity contribution < 1.29 is 4.52 Å². The van der Waals surface area contributed by atoms with Crippen LogP contribution in [0.3, 0.4) is 0 Å². The van der Waals surface area contributed by atoms with Gasteiger partial charge in [-0.3, -0.25) is 0 Å². The maximum atomic E-state index is 6.16. The number of hydrogen-bond acceptors (Lipinski definition) is 4. The van der Waals surface area contributed by atoms with Crippen LogP contribution in [0.1, 0.15) is 36.5 Å². The van der Waals surface area contributed by atoms with Crippen molar-refractivity contribution in [2.75, 3.05) is 6.54 Å². The molecule has 1 saturated carbocycles. The minimum atomic E-state index is 0.159. The summed E-state index contributed by atoms with van der Waals surface area (Å²) in [5.41, 5.74) is 6.84. The van der Waals surface area contributed by atoms with Crippen LogP contribution in [-0.2, 0) is 12.8 Å². The van der Waals surface area contributed by atoms with Gasteiger partial charge in [-0.2, -0.15) is 4.98 Å². The molecule has 2 aromatic rings. The Hall–Kier alpha value is -1.10. The fraction of sp³-hybridized carbons (Fsp3) is 0.467. The lowest BCUT2D eigenvalue weighted by atomic mass is 9.67. The standard InChI is InChI=1S/C15H17Cl2N3O/c16-11-3-1-4-12(17)10(11)7-13-19-14(21-20-13)8-15(9-18)5-2-6-15/h1,3-4H,2,5-9,18H2. The molecule has 0 radical (unpaired) electrons. The first kappa shape index (κ1) is 14.8. The molecular weight excluding hydrogens is 309 g/mol. The van der Waals surface area contributed by atoms with E-state index in [1.165, 1.54) is 6.42 Å². The van der Waals surface area contributed by atoms with E-state index in [1.54, 1.807) is 0 Å². The SMILES string of the molecule is NCC1(Cc2nc(Cc3c(Cl)cccc3Cl)no2)CCC1. The van der Waals surface area contributed by atoms with Crippen LogP contribution in [-0.4, -0.2) is 16.7 Å². The molecule has 0 aliphatic heterocycles. The number of nitrogens with two attached hydrogens (primary N) is 1. The summed E-state index contributed by atoms with van der Waals surface area (Å²) in [7, 11) is 0. The Balaban J connectivity index is 1.73. The second-order valence-electron chi connectivity index (χ2n) is 5.72. The highest BCUT2D eigenvalue weighted by atomic mass is 35.5. The summed E-state index contributed by atoms with van der Waals surface area (Å²) in [5, 5.41) is 5.26. The van der Waals surface area contributed by atoms with Crippen molar-refractivity contribution in [3.8, 4) is 0 Å². The molecule has 0 atom stereocenters. The Labute approximate surface area is 133 Å². The van der Waals surface area contributed by atoms with E-state index in [1.807, 2.05) is 18.2 Å². The summed E-state index contributed by atoms with van der Waals surface area (Å²) >= 11 is 12.3. The van der Waals surface area contributed by atoms with Crippen LogP contribution in [0, 0.1) is 5.41 Å². The van der Waals surface area contributed by atoms with Crippen LogP contribution >= 0.6 is 23.2 Å². The third kappa shape index (κ3) is 3.07. The highest BCUT2D eigenvalue weighted by Crippen LogP contribution is 2.42. The van der Waals surface area contributed by atoms with Crippen molar-refractivity contribution in [2.45, 2.75) is 32.1 Å². The second-order valence-corrected chi connectivity index (χ2v) is 6.53. The lowest BCUT2D eigenvalue weighted by molar-refractivity contribution is 0.129. The topological polar surface area (TPSA) is 64.9 Å². The Morgan fingerprint density at radius 2 is 1.95 bits per heavy atom. The first-order chi connectivity index (χ1) is 10.1. The van der Waals surface area contributed by atoms with E-state index in [0.29, 0.717) is 34.7 Å². The lowest BCUT2D eigenvalue weighted by Crippen LogP contribution is -2.39. The monoisotopic (exact) mass is 325 g/mol. The van der Waals surface area contributed by atoms with Gasteiger partial charge in [0.1, 0.15) is 0 Å². The zero-order valence-corrected chi connectivity index (χ0v) is 13.1. The second kappa shape index (κ2) is 5.95. The van der Waals surface area contributed by atoms with E-state index in [-0.39, 0.29) is 5.41 Å². The average Bonchev–Trinajstić information content (AvgIpc) is 2.86. The van der Waals surface area contributed by atoms with Crippen LogP contribution in [0.25, 0.3) is 0 Å². The molecule has 0 bridgehead atoms. The number of aromatic nitrogens is 2. The van der Waals surface area contributed by atoms with Gasteiger partial charge in [0, 0.05) is 22.9 Å². The number of benzene rings is 1. The normalized spacial score (nSPS) is 16.7. The predicted octanol–water partition coefficient (Wildman–Crippen LogP) is 3.64. The van der Waals surface area contributed by atoms with E-state index in [2.05, 4.69) is 10.1 Å². The van der Waals surface area contributed by atoms with Crippen LogP contribution in [0.2, 0.25) is 10.0 Å². The van der Waals surface area contributed by atoms with Gasteiger partial charge in [-0.15, -0.1) is 0 Å². The molecule has 0 saturated heterocycles. The third-order valence-electron chi connectivity index (χ3n) is 4.28. The largest absolute Gasteiger partial charge is 0.339 e. The quantitative estimate of drug-likeness (QED) is 0.911. The summed E-state index contributed by atoms with van der Waals surface area (Å²) in [5.74, 6) is 1.25. The van der Waals surface area contributed by atoms with Crippen molar-refractivity contribution in [1.82, 2.24) is 10.1 Å². The highest BCUT2D eigenvalue weighted by molar-refractivity contribution is 6.36. The molecule has 0 amide bonds. The zero-order valence-electron chi connectivity index (χ0n) is 11.6. The Bertz CT molecular complexity index is 612. The number of rotatable bonds is 5. The maximum absolute atomic E-state index is 6.16. The van der Waals surface area contributed by atoms with Gasteiger partial charge in [0.05, 0.1) is 0 Å². The Kier molecular flexibility index (Phi) is 4.20. The molecule has 1 heterocycles. The molecule has 2 N–H and O–H groups in total. The molecule has 1 aromatic carbocycles. The van der Waals surface area contributed by atoms with Gasteiger partial charge in [0.25, 0.3) is 0 Å². The first-order valence-corrected chi connectivity index (χ1v) is 7.82. The first-order valence-electron chi connectivity index (χ1n) is 7.06. The van der Waals surface area contributed by atoms with Crippen molar-refractivity contribution in [3.05, 3.63) is 45.5 Å². The van der Waals surface area contributed by atoms with Crippen LogP contribution < -0.4 is 5.73 Å². The number of hydrogen-bond donors (Lipinski definition) is 1. The van der Waals surface area contributed by atoms with Crippen LogP contribution in [0.4, 0.5) is 0 Å². The molecule has 1 aliphatic rings. The molecule has 1 fully saturated rings. The van der Waals surface area contributed by atoms with Gasteiger partial charge in [-0.25, -0.2) is 0 Å². The van der Waals surface area contributed by atoms with Crippen LogP contribution in [0.15, 0.2) is 22.7 Å². The molecule has 0 spiro atoms. The van der Waals surface area contributed by atoms with E-state index in [9.17, 15) is 0 Å². The third-order valence-corrected chi connectivity index (χ3v) is 4.99. The van der Waals surface area contributed by atoms with E-state index < -0.39 is 0 Å². The maximum Gasteiger partial charge on any atom is 0.227 e. The van der Waals surface area contributed by atoms with Gasteiger partial charge < -0.3 is 10.3 Å². The molecular formula is C15H17Cl2N3O. The van der Waals surface area contributed by atoms with Gasteiger partial charge in [0.15, 0.2) is 5.82 Å². The highest BCUT2D eigenvalue weighted by Gasteiger charge is 2.37. The zero-order chi connectivity index (χ0) is 14.9. The lowest BCUT2D eigenvalue weighted by Gasteiger charge is -2.39. The van der Waals surface area contributed by atoms with E-state index >= 15 is 0 Å². The van der Waals surface area contributed by atoms with Gasteiger partial charge in [-0.05, 0) is 42.5 Å². The van der Waals surface area contributed by atoms with Gasteiger partial charge in [-0.1, -0.05) is 40.8 Å². The predicted molar refractivity (Wildman–Crippen MR) is 82.6 cm³/mol. The summed E-state index contributed by atoms with van der Waals surface area (Å²) in [6.07, 6.45) is 4.73. The van der Waals surface area contributed by atoms with Crippen molar-refractivity contribution >= 4 is 23.2 Å². The minimum Gasteiger partial charge on any atom is -0.339 e. The van der Waals surface area contributed by atoms with E-state index in [0.717, 1.165) is 24.8 Å². The molecule has 4 nitrogen and oxygen atoms in total. The minimum absolute atomic E-state index is 0.159. The molecule has 6 heteroatoms. The van der Waals surface area contributed by atoms with Gasteiger partial charge in [0.2, 0.25) is 5.89 Å². The number of nitrogens with zero attached hydrogens (tertiary/aromatic N) is 2. The van der Waals surface area contributed by atoms with Crippen molar-refractivity contribution in [1.29, 1.82) is 0 Å². The molecule has 1 aromatic heterocycles. The summed E-state index contributed by atoms with van der Waals surface area (Å²) in [4.78, 5) is 4.45. The molecule has 3 rings (SSSR count). The fourth-order valence-corrected chi connectivity index (χ4v) is 3.27.